The minimum absolute atomic E-state index is 0.141. The van der Waals surface area contributed by atoms with E-state index in [1.165, 1.54) is 10.9 Å². The number of nitrogens with one attached hydrogen (secondary N) is 1. The Morgan fingerprint density at radius 1 is 1.41 bits per heavy atom. The standard InChI is InChI=1S/C14H18ClNO/c1-3-4-11-12-7-10(15)5-6-13(12)16-14(11)9(2)8-17/h5-7,9,16-17H,3-4,8H2,1-2H3. The summed E-state index contributed by atoms with van der Waals surface area (Å²) in [6.45, 7) is 4.36. The van der Waals surface area contributed by atoms with Gasteiger partial charge in [-0.25, -0.2) is 0 Å². The summed E-state index contributed by atoms with van der Waals surface area (Å²) >= 11 is 6.05. The van der Waals surface area contributed by atoms with Crippen molar-refractivity contribution in [1.29, 1.82) is 0 Å². The van der Waals surface area contributed by atoms with Crippen LogP contribution in [0.1, 0.15) is 37.4 Å². The Labute approximate surface area is 107 Å². The second kappa shape index (κ2) is 5.11. The molecule has 0 fully saturated rings. The molecule has 2 nitrogen and oxygen atoms in total. The van der Waals surface area contributed by atoms with Crippen molar-refractivity contribution in [3.63, 3.8) is 0 Å². The van der Waals surface area contributed by atoms with Gasteiger partial charge in [-0.1, -0.05) is 31.9 Å². The molecule has 2 aromatic rings. The molecule has 17 heavy (non-hydrogen) atoms. The molecule has 1 unspecified atom stereocenters. The van der Waals surface area contributed by atoms with Gasteiger partial charge in [0.2, 0.25) is 0 Å². The largest absolute Gasteiger partial charge is 0.396 e. The molecule has 3 heteroatoms. The van der Waals surface area contributed by atoms with Gasteiger partial charge in [0.1, 0.15) is 0 Å². The number of fused-ring (bicyclic) bond motifs is 1. The van der Waals surface area contributed by atoms with Gasteiger partial charge in [-0.15, -0.1) is 0 Å². The summed E-state index contributed by atoms with van der Waals surface area (Å²) in [6.07, 6.45) is 2.10. The first-order valence-corrected chi connectivity index (χ1v) is 6.46. The van der Waals surface area contributed by atoms with E-state index in [1.54, 1.807) is 0 Å². The quantitative estimate of drug-likeness (QED) is 0.850. The maximum absolute atomic E-state index is 9.31. The van der Waals surface area contributed by atoms with Crippen LogP contribution in [0.3, 0.4) is 0 Å². The number of aliphatic hydroxyl groups is 1. The lowest BCUT2D eigenvalue weighted by atomic mass is 9.99. The third-order valence-electron chi connectivity index (χ3n) is 3.17. The highest BCUT2D eigenvalue weighted by atomic mass is 35.5. The van der Waals surface area contributed by atoms with Crippen molar-refractivity contribution in [2.45, 2.75) is 32.6 Å². The summed E-state index contributed by atoms with van der Waals surface area (Å²) in [5.74, 6) is 0.141. The van der Waals surface area contributed by atoms with Gasteiger partial charge in [0.15, 0.2) is 0 Å². The first-order chi connectivity index (χ1) is 8.17. The Morgan fingerprint density at radius 3 is 2.82 bits per heavy atom. The lowest BCUT2D eigenvalue weighted by molar-refractivity contribution is 0.271. The number of aryl methyl sites for hydroxylation is 1. The lowest BCUT2D eigenvalue weighted by Crippen LogP contribution is -2.02. The monoisotopic (exact) mass is 251 g/mol. The van der Waals surface area contributed by atoms with Gasteiger partial charge in [-0.3, -0.25) is 0 Å². The Morgan fingerprint density at radius 2 is 2.18 bits per heavy atom. The van der Waals surface area contributed by atoms with Crippen molar-refractivity contribution in [3.8, 4) is 0 Å². The lowest BCUT2D eigenvalue weighted by Gasteiger charge is -2.09. The summed E-state index contributed by atoms with van der Waals surface area (Å²) < 4.78 is 0. The number of rotatable bonds is 4. The van der Waals surface area contributed by atoms with E-state index < -0.39 is 0 Å². The number of halogens is 1. The molecular formula is C14H18ClNO. The van der Waals surface area contributed by atoms with E-state index >= 15 is 0 Å². The fourth-order valence-electron chi connectivity index (χ4n) is 2.27. The van der Waals surface area contributed by atoms with E-state index in [1.807, 2.05) is 25.1 Å². The van der Waals surface area contributed by atoms with E-state index in [-0.39, 0.29) is 12.5 Å². The average Bonchev–Trinajstić information content (AvgIpc) is 2.67. The molecule has 0 spiro atoms. The first-order valence-electron chi connectivity index (χ1n) is 6.08. The maximum Gasteiger partial charge on any atom is 0.0511 e. The minimum atomic E-state index is 0.141. The number of H-pyrrole nitrogens is 1. The molecule has 2 N–H and O–H groups in total. The SMILES string of the molecule is CCCc1c(C(C)CO)[nH]c2ccc(Cl)cc12. The molecule has 0 saturated carbocycles. The van der Waals surface area contributed by atoms with Crippen molar-refractivity contribution >= 4 is 22.5 Å². The zero-order valence-corrected chi connectivity index (χ0v) is 11.0. The van der Waals surface area contributed by atoms with Crippen LogP contribution in [0.5, 0.6) is 0 Å². The van der Waals surface area contributed by atoms with E-state index in [0.29, 0.717) is 0 Å². The predicted molar refractivity (Wildman–Crippen MR) is 72.8 cm³/mol. The number of hydrogen-bond donors (Lipinski definition) is 2. The second-order valence-corrected chi connectivity index (χ2v) is 4.98. The molecule has 0 saturated heterocycles. The summed E-state index contributed by atoms with van der Waals surface area (Å²) in [4.78, 5) is 3.41. The highest BCUT2D eigenvalue weighted by Gasteiger charge is 2.15. The number of aromatic nitrogens is 1. The molecule has 1 heterocycles. The Kier molecular flexibility index (Phi) is 3.75. The highest BCUT2D eigenvalue weighted by molar-refractivity contribution is 6.31. The minimum Gasteiger partial charge on any atom is -0.396 e. The highest BCUT2D eigenvalue weighted by Crippen LogP contribution is 2.30. The molecule has 2 rings (SSSR count). The molecule has 0 aliphatic carbocycles. The summed E-state index contributed by atoms with van der Waals surface area (Å²) in [5, 5.41) is 11.3. The van der Waals surface area contributed by atoms with Gasteiger partial charge in [-0.2, -0.15) is 0 Å². The van der Waals surface area contributed by atoms with Crippen LogP contribution in [0.2, 0.25) is 5.02 Å². The van der Waals surface area contributed by atoms with Crippen molar-refractivity contribution in [3.05, 3.63) is 34.5 Å². The molecule has 92 valence electrons. The van der Waals surface area contributed by atoms with E-state index in [9.17, 15) is 5.11 Å². The molecule has 0 radical (unpaired) electrons. The topological polar surface area (TPSA) is 36.0 Å². The van der Waals surface area contributed by atoms with Crippen LogP contribution in [0.15, 0.2) is 18.2 Å². The van der Waals surface area contributed by atoms with Crippen LogP contribution in [-0.2, 0) is 6.42 Å². The maximum atomic E-state index is 9.31. The van der Waals surface area contributed by atoms with Gasteiger partial charge in [0.25, 0.3) is 0 Å². The Bertz CT molecular complexity index is 518. The fraction of sp³-hybridized carbons (Fsp3) is 0.429. The van der Waals surface area contributed by atoms with E-state index in [4.69, 9.17) is 11.6 Å². The van der Waals surface area contributed by atoms with Crippen molar-refractivity contribution < 1.29 is 5.11 Å². The first kappa shape index (κ1) is 12.5. The van der Waals surface area contributed by atoms with Crippen LogP contribution in [-0.4, -0.2) is 16.7 Å². The molecule has 1 atom stereocenters. The average molecular weight is 252 g/mol. The van der Waals surface area contributed by atoms with Crippen LogP contribution < -0.4 is 0 Å². The van der Waals surface area contributed by atoms with Crippen LogP contribution in [0.4, 0.5) is 0 Å². The number of aliphatic hydroxyl groups excluding tert-OH is 1. The fourth-order valence-corrected chi connectivity index (χ4v) is 2.44. The van der Waals surface area contributed by atoms with Gasteiger partial charge >= 0.3 is 0 Å². The van der Waals surface area contributed by atoms with Gasteiger partial charge in [0.05, 0.1) is 6.61 Å². The van der Waals surface area contributed by atoms with Gasteiger partial charge in [0, 0.05) is 27.5 Å². The summed E-state index contributed by atoms with van der Waals surface area (Å²) in [7, 11) is 0. The number of hydrogen-bond acceptors (Lipinski definition) is 1. The molecule has 0 bridgehead atoms. The summed E-state index contributed by atoms with van der Waals surface area (Å²) in [5.41, 5.74) is 3.55. The third-order valence-corrected chi connectivity index (χ3v) is 3.40. The molecule has 1 aromatic carbocycles. The molecular weight excluding hydrogens is 234 g/mol. The summed E-state index contributed by atoms with van der Waals surface area (Å²) in [6, 6.07) is 5.90. The van der Waals surface area contributed by atoms with Crippen molar-refractivity contribution in [1.82, 2.24) is 4.98 Å². The normalized spacial score (nSPS) is 13.2. The third kappa shape index (κ3) is 2.33. The number of aromatic amines is 1. The molecule has 0 aliphatic heterocycles. The Hall–Kier alpha value is -0.990. The van der Waals surface area contributed by atoms with Gasteiger partial charge < -0.3 is 10.1 Å². The molecule has 0 aliphatic rings. The number of benzene rings is 1. The van der Waals surface area contributed by atoms with Crippen LogP contribution in [0, 0.1) is 0 Å². The molecule has 1 aromatic heterocycles. The molecule has 0 amide bonds. The predicted octanol–water partition coefficient (Wildman–Crippen LogP) is 3.87. The smallest absolute Gasteiger partial charge is 0.0511 e. The van der Waals surface area contributed by atoms with E-state index in [2.05, 4.69) is 11.9 Å². The van der Waals surface area contributed by atoms with Crippen molar-refractivity contribution in [2.75, 3.05) is 6.61 Å². The zero-order chi connectivity index (χ0) is 12.4. The van der Waals surface area contributed by atoms with Crippen LogP contribution in [0.25, 0.3) is 10.9 Å². The van der Waals surface area contributed by atoms with Crippen molar-refractivity contribution in [2.24, 2.45) is 0 Å². The van der Waals surface area contributed by atoms with Gasteiger partial charge in [-0.05, 0) is 30.2 Å². The zero-order valence-electron chi connectivity index (χ0n) is 10.3. The van der Waals surface area contributed by atoms with E-state index in [0.717, 1.165) is 29.1 Å². The second-order valence-electron chi connectivity index (χ2n) is 4.54. The van der Waals surface area contributed by atoms with Crippen LogP contribution >= 0.6 is 11.6 Å². The Balaban J connectivity index is 2.62.